The zero-order chi connectivity index (χ0) is 30.5. The maximum Gasteiger partial charge on any atom is 0.200 e. The maximum atomic E-state index is 14.8. The van der Waals surface area contributed by atoms with Gasteiger partial charge in [0.2, 0.25) is 0 Å². The number of rotatable bonds is 6. The molecule has 2 aliphatic heterocycles. The number of benzene rings is 1. The number of aliphatic hydroxyl groups excluding tert-OH is 1. The molecule has 236 valence electrons. The van der Waals surface area contributed by atoms with Crippen LogP contribution in [0.1, 0.15) is 113 Å². The normalized spacial score (nSPS) is 29.3. The number of guanidine groups is 1. The average Bonchev–Trinajstić information content (AvgIpc) is 3.58. The molecule has 2 fully saturated rings. The van der Waals surface area contributed by atoms with E-state index in [2.05, 4.69) is 18.8 Å². The quantitative estimate of drug-likeness (QED) is 0.184. The van der Waals surface area contributed by atoms with Gasteiger partial charge in [0.05, 0.1) is 17.7 Å². The third-order valence-electron chi connectivity index (χ3n) is 9.53. The zero-order valence-electron chi connectivity index (χ0n) is 25.4. The van der Waals surface area contributed by atoms with E-state index < -0.39 is 17.8 Å². The van der Waals surface area contributed by atoms with E-state index >= 15 is 0 Å². The first-order chi connectivity index (χ1) is 20.5. The Balaban J connectivity index is 1.62. The van der Waals surface area contributed by atoms with Crippen LogP contribution in [0.5, 0.6) is 11.5 Å². The molecule has 1 aromatic heterocycles. The van der Waals surface area contributed by atoms with E-state index in [1.54, 1.807) is 21.6 Å². The summed E-state index contributed by atoms with van der Waals surface area (Å²) in [6.07, 6.45) is 6.41. The van der Waals surface area contributed by atoms with Crippen molar-refractivity contribution in [3.63, 3.8) is 0 Å². The number of aliphatic imine (C=N–C) groups is 1. The fraction of sp³-hybridized carbons (Fsp3) is 0.688. The van der Waals surface area contributed by atoms with Gasteiger partial charge >= 0.3 is 0 Å². The van der Waals surface area contributed by atoms with Gasteiger partial charge in [-0.05, 0) is 70.6 Å². The monoisotopic (exact) mass is 631 g/mol. The first kappa shape index (κ1) is 30.9. The van der Waals surface area contributed by atoms with Crippen LogP contribution in [0.25, 0.3) is 11.0 Å². The Morgan fingerprint density at radius 1 is 1.19 bits per heavy atom. The van der Waals surface area contributed by atoms with Gasteiger partial charge in [0.15, 0.2) is 11.4 Å². The zero-order valence-corrected chi connectivity index (χ0v) is 27.0. The molecule has 0 radical (unpaired) electrons. The van der Waals surface area contributed by atoms with E-state index in [0.717, 1.165) is 56.1 Å². The summed E-state index contributed by atoms with van der Waals surface area (Å²) in [6, 6.07) is -0.348. The minimum atomic E-state index is -1.07. The van der Waals surface area contributed by atoms with E-state index in [0.29, 0.717) is 58.3 Å². The molecule has 4 aliphatic rings. The molecule has 2 aromatic rings. The molecule has 1 aromatic carbocycles. The van der Waals surface area contributed by atoms with Crippen molar-refractivity contribution < 1.29 is 24.1 Å². The molecular formula is C32H45N3O6S2. The summed E-state index contributed by atoms with van der Waals surface area (Å²) < 4.78 is 20.3. The molecule has 6 N–H and O–H groups in total. The van der Waals surface area contributed by atoms with Gasteiger partial charge in [-0.1, -0.05) is 35.4 Å². The Morgan fingerprint density at radius 3 is 2.67 bits per heavy atom. The van der Waals surface area contributed by atoms with Crippen LogP contribution in [-0.2, 0) is 12.2 Å². The molecule has 5 atom stereocenters. The van der Waals surface area contributed by atoms with Crippen molar-refractivity contribution in [3.05, 3.63) is 32.7 Å². The third kappa shape index (κ3) is 5.99. The molecule has 43 heavy (non-hydrogen) atoms. The largest absolute Gasteiger partial charge is 0.489 e. The highest BCUT2D eigenvalue weighted by Crippen LogP contribution is 2.57. The van der Waals surface area contributed by atoms with Crippen LogP contribution < -0.4 is 26.4 Å². The van der Waals surface area contributed by atoms with Gasteiger partial charge < -0.3 is 35.6 Å². The summed E-state index contributed by atoms with van der Waals surface area (Å²) in [5.41, 5.74) is 12.9. The molecule has 11 heteroatoms. The number of hydrogen-bond acceptors (Lipinski definition) is 9. The van der Waals surface area contributed by atoms with Crippen LogP contribution in [0, 0.1) is 5.92 Å². The van der Waals surface area contributed by atoms with Crippen LogP contribution in [0.2, 0.25) is 0 Å². The predicted molar refractivity (Wildman–Crippen MR) is 173 cm³/mol. The summed E-state index contributed by atoms with van der Waals surface area (Å²) in [6.45, 7) is 6.10. The number of fused-ring (bicyclic) bond motifs is 5. The number of nitrogens with zero attached hydrogens (tertiary/aromatic N) is 1. The van der Waals surface area contributed by atoms with Crippen molar-refractivity contribution >= 4 is 38.5 Å². The van der Waals surface area contributed by atoms with E-state index in [9.17, 15) is 15.0 Å². The maximum absolute atomic E-state index is 14.8. The smallest absolute Gasteiger partial charge is 0.200 e. The molecule has 0 unspecified atom stereocenters. The first-order valence-electron chi connectivity index (χ1n) is 15.8. The van der Waals surface area contributed by atoms with Crippen LogP contribution in [0.3, 0.4) is 0 Å². The van der Waals surface area contributed by atoms with Crippen LogP contribution in [0.4, 0.5) is 0 Å². The Kier molecular flexibility index (Phi) is 8.90. The molecule has 6 rings (SSSR count). The van der Waals surface area contributed by atoms with Crippen molar-refractivity contribution in [2.45, 2.75) is 127 Å². The lowest BCUT2D eigenvalue weighted by Gasteiger charge is -2.37. The topological polar surface area (TPSA) is 154 Å². The second-order valence-corrected chi connectivity index (χ2v) is 15.9. The van der Waals surface area contributed by atoms with Crippen LogP contribution in [-0.4, -0.2) is 45.8 Å². The molecule has 2 saturated carbocycles. The summed E-state index contributed by atoms with van der Waals surface area (Å²) in [4.78, 5) is 19.1. The second-order valence-electron chi connectivity index (χ2n) is 13.4. The molecule has 0 amide bonds. The Hall–Kier alpha value is -2.08. The van der Waals surface area contributed by atoms with Gasteiger partial charge in [-0.25, -0.2) is 4.99 Å². The lowest BCUT2D eigenvalue weighted by atomic mass is 9.74. The van der Waals surface area contributed by atoms with Crippen LogP contribution >= 0.6 is 21.6 Å². The van der Waals surface area contributed by atoms with E-state index in [1.165, 1.54) is 0 Å². The first-order valence-corrected chi connectivity index (χ1v) is 18.3. The van der Waals surface area contributed by atoms with Crippen molar-refractivity contribution in [2.75, 3.05) is 5.75 Å². The number of aliphatic hydroxyl groups is 2. The lowest BCUT2D eigenvalue weighted by Crippen LogP contribution is -2.47. The summed E-state index contributed by atoms with van der Waals surface area (Å²) in [5.74, 6) is 2.84. The highest BCUT2D eigenvalue weighted by Gasteiger charge is 2.51. The van der Waals surface area contributed by atoms with Gasteiger partial charge in [-0.15, -0.1) is 0 Å². The molecule has 2 aliphatic carbocycles. The van der Waals surface area contributed by atoms with Gasteiger partial charge in [0.1, 0.15) is 40.4 Å². The fourth-order valence-corrected chi connectivity index (χ4v) is 9.64. The lowest BCUT2D eigenvalue weighted by molar-refractivity contribution is -0.0727. The van der Waals surface area contributed by atoms with Crippen molar-refractivity contribution in [3.8, 4) is 11.5 Å². The predicted octanol–water partition coefficient (Wildman–Crippen LogP) is 5.44. The molecular weight excluding hydrogens is 587 g/mol. The highest BCUT2D eigenvalue weighted by atomic mass is 33.1. The average molecular weight is 632 g/mol. The number of nitrogens with two attached hydrogens (primary N) is 2. The third-order valence-corrected chi connectivity index (χ3v) is 11.9. The van der Waals surface area contributed by atoms with Gasteiger partial charge in [-0.2, -0.15) is 0 Å². The second kappa shape index (κ2) is 12.4. The number of hydrogen-bond donors (Lipinski definition) is 4. The van der Waals surface area contributed by atoms with Crippen molar-refractivity contribution in [1.29, 1.82) is 0 Å². The van der Waals surface area contributed by atoms with E-state index in [1.807, 2.05) is 6.92 Å². The molecule has 9 nitrogen and oxygen atoms in total. The highest BCUT2D eigenvalue weighted by molar-refractivity contribution is 8.76. The fourth-order valence-electron chi connectivity index (χ4n) is 7.35. The van der Waals surface area contributed by atoms with Crippen LogP contribution in [0.15, 0.2) is 14.2 Å². The van der Waals surface area contributed by atoms with E-state index in [-0.39, 0.29) is 41.6 Å². The van der Waals surface area contributed by atoms with Gasteiger partial charge in [0.25, 0.3) is 0 Å². The summed E-state index contributed by atoms with van der Waals surface area (Å²) in [5, 5.41) is 23.5. The Labute approximate surface area is 260 Å². The SMILES string of the molecule is CC(C)CCc1c2oc3c(c4c(c(OC5CCCC5)c3c1=O)[C@@H]1CCC[C@@](C)(O)[C@H]1O4)CSSC[C@H](N=C(N)N)C[C@H]2O. The van der Waals surface area contributed by atoms with Gasteiger partial charge in [0, 0.05) is 40.5 Å². The van der Waals surface area contributed by atoms with Gasteiger partial charge in [-0.3, -0.25) is 4.79 Å². The van der Waals surface area contributed by atoms with E-state index in [4.69, 9.17) is 25.4 Å². The molecule has 2 bridgehead atoms. The Morgan fingerprint density at radius 2 is 1.95 bits per heavy atom. The minimum absolute atomic E-state index is 0.0115. The minimum Gasteiger partial charge on any atom is -0.489 e. The summed E-state index contributed by atoms with van der Waals surface area (Å²) in [7, 11) is 3.23. The Bertz CT molecular complexity index is 1450. The van der Waals surface area contributed by atoms with Crippen molar-refractivity contribution in [1.82, 2.24) is 0 Å². The standard InChI is InChI=1S/C32H45N3O6S2/c1-16(2)10-11-20-25(37)24-28-21(15-43-42-14-17(35-31(33)34)13-22(36)26(20)40-28)27-23(29(24)39-18-7-4-5-8-18)19-9-6-12-32(3,38)30(19)41-27/h16-19,22,30,36,38H,4-15H2,1-3H3,(H4,33,34,35)/t17-,19+,22-,30+,32-/m1/s1. The molecule has 0 saturated heterocycles. The molecule has 0 spiro atoms. The number of ether oxygens (including phenoxy) is 2. The van der Waals surface area contributed by atoms with Crippen molar-refractivity contribution in [2.24, 2.45) is 22.4 Å². The summed E-state index contributed by atoms with van der Waals surface area (Å²) >= 11 is 0. The molecule has 3 heterocycles.